The van der Waals surface area contributed by atoms with Crippen molar-refractivity contribution in [1.82, 2.24) is 24.6 Å². The quantitative estimate of drug-likeness (QED) is 0.246. The molecule has 1 spiro atoms. The van der Waals surface area contributed by atoms with E-state index in [9.17, 15) is 44.3 Å². The summed E-state index contributed by atoms with van der Waals surface area (Å²) in [6.45, 7) is 8.20. The predicted molar refractivity (Wildman–Crippen MR) is 169 cm³/mol. The summed E-state index contributed by atoms with van der Waals surface area (Å²) in [5.41, 5.74) is 3.00. The van der Waals surface area contributed by atoms with Crippen molar-refractivity contribution < 1.29 is 74.0 Å². The van der Waals surface area contributed by atoms with Crippen LogP contribution in [0, 0.1) is 5.41 Å². The Morgan fingerprint density at radius 2 is 1.31 bits per heavy atom. The van der Waals surface area contributed by atoms with E-state index in [1.54, 1.807) is 0 Å². The number of carbonyl (C=O) groups is 4. The maximum atomic E-state index is 14.2. The molecule has 0 unspecified atom stereocenters. The first-order valence-electron chi connectivity index (χ1n) is 15.8. The molecule has 3 aromatic rings. The lowest BCUT2D eigenvalue weighted by molar-refractivity contribution is -0.193. The molecule has 2 atom stereocenters. The minimum Gasteiger partial charge on any atom is -0.475 e. The maximum Gasteiger partial charge on any atom is 0.490 e. The van der Waals surface area contributed by atoms with E-state index in [2.05, 4.69) is 62.7 Å². The number of rotatable bonds is 6. The summed E-state index contributed by atoms with van der Waals surface area (Å²) < 4.78 is 97.3. The summed E-state index contributed by atoms with van der Waals surface area (Å²) in [5, 5.41) is 26.0. The number of aromatic nitrogens is 3. The number of benzene rings is 1. The predicted octanol–water partition coefficient (Wildman–Crippen LogP) is 6.17. The minimum atomic E-state index is -5.08. The monoisotopic (exact) mass is 785 g/mol. The van der Waals surface area contributed by atoms with Crippen LogP contribution < -0.4 is 0 Å². The normalized spacial score (nSPS) is 18.9. The molecule has 0 aliphatic carbocycles. The minimum absolute atomic E-state index is 0.122. The summed E-state index contributed by atoms with van der Waals surface area (Å²) in [5.74, 6) is -7.85. The van der Waals surface area contributed by atoms with Gasteiger partial charge in [0, 0.05) is 62.8 Å². The Morgan fingerprint density at radius 3 is 1.78 bits per heavy atom. The molecule has 21 heteroatoms. The number of piperidine rings is 1. The first-order chi connectivity index (χ1) is 24.9. The summed E-state index contributed by atoms with van der Waals surface area (Å²) in [4.78, 5) is 49.9. The fourth-order valence-corrected chi connectivity index (χ4v) is 5.79. The summed E-state index contributed by atoms with van der Waals surface area (Å²) in [7, 11) is 0. The Bertz CT molecular complexity index is 1630. The summed E-state index contributed by atoms with van der Waals surface area (Å²) in [6.07, 6.45) is -9.56. The number of hydrogen-bond donors (Lipinski definition) is 3. The van der Waals surface area contributed by atoms with Crippen molar-refractivity contribution in [2.75, 3.05) is 19.6 Å². The third-order valence-electron chi connectivity index (χ3n) is 7.98. The number of likely N-dealkylation sites (tertiary alicyclic amines) is 2. The summed E-state index contributed by atoms with van der Waals surface area (Å²) >= 11 is 0. The second-order valence-electron chi connectivity index (χ2n) is 12.2. The van der Waals surface area contributed by atoms with Gasteiger partial charge < -0.3 is 20.2 Å². The average molecular weight is 786 g/mol. The topological polar surface area (TPSA) is 166 Å². The van der Waals surface area contributed by atoms with Crippen LogP contribution in [0.25, 0.3) is 0 Å². The third-order valence-corrected chi connectivity index (χ3v) is 7.98. The van der Waals surface area contributed by atoms with Crippen molar-refractivity contribution in [3.8, 4) is 0 Å². The van der Waals surface area contributed by atoms with Crippen molar-refractivity contribution in [2.24, 2.45) is 5.41 Å². The highest BCUT2D eigenvalue weighted by Crippen LogP contribution is 2.50. The van der Waals surface area contributed by atoms with Gasteiger partial charge in [-0.1, -0.05) is 36.4 Å². The molecule has 54 heavy (non-hydrogen) atoms. The number of hydrogen-bond acceptors (Lipinski definition) is 7. The SMILES string of the molecule is CC(C)n1nccc1[C@@H]1CN(Cc2ccccn2)C[C@]12CCCN(Cc1ccccc1)C2=O.O=C(O)C(F)(F)F.O=C(O)C(F)(F)F.O=C(O)C(F)(F)F. The van der Waals surface area contributed by atoms with Crippen LogP contribution in [0.4, 0.5) is 39.5 Å². The zero-order chi connectivity index (χ0) is 41.1. The van der Waals surface area contributed by atoms with Crippen molar-refractivity contribution in [3.63, 3.8) is 0 Å². The van der Waals surface area contributed by atoms with Crippen LogP contribution in [-0.4, -0.2) is 102 Å². The number of carbonyl (C=O) groups excluding carboxylic acids is 1. The van der Waals surface area contributed by atoms with Gasteiger partial charge in [-0.05, 0) is 50.5 Å². The Hall–Kier alpha value is -5.21. The van der Waals surface area contributed by atoms with Gasteiger partial charge in [0.15, 0.2) is 0 Å². The lowest BCUT2D eigenvalue weighted by Crippen LogP contribution is -2.52. The molecular weight excluding hydrogens is 749 g/mol. The molecule has 5 rings (SSSR count). The van der Waals surface area contributed by atoms with E-state index >= 15 is 0 Å². The molecule has 2 fully saturated rings. The first kappa shape index (κ1) is 44.9. The highest BCUT2D eigenvalue weighted by molar-refractivity contribution is 5.85. The number of carboxylic acid groups (broad SMARTS) is 3. The number of alkyl halides is 9. The van der Waals surface area contributed by atoms with E-state index in [-0.39, 0.29) is 12.0 Å². The van der Waals surface area contributed by atoms with Gasteiger partial charge in [0.1, 0.15) is 0 Å². The maximum absolute atomic E-state index is 14.2. The van der Waals surface area contributed by atoms with Crippen molar-refractivity contribution in [2.45, 2.75) is 70.3 Å². The van der Waals surface area contributed by atoms with Gasteiger partial charge in [-0.25, -0.2) is 14.4 Å². The van der Waals surface area contributed by atoms with Crippen molar-refractivity contribution in [3.05, 3.63) is 83.9 Å². The van der Waals surface area contributed by atoms with E-state index in [1.165, 1.54) is 11.3 Å². The zero-order valence-corrected chi connectivity index (χ0v) is 28.6. The second kappa shape index (κ2) is 18.7. The van der Waals surface area contributed by atoms with Gasteiger partial charge in [0.2, 0.25) is 5.91 Å². The molecule has 2 aliphatic rings. The molecule has 298 valence electrons. The average Bonchev–Trinajstić information content (AvgIpc) is 3.69. The number of pyridine rings is 1. The Morgan fingerprint density at radius 1 is 0.796 bits per heavy atom. The van der Waals surface area contributed by atoms with Crippen LogP contribution in [0.2, 0.25) is 0 Å². The number of nitrogens with zero attached hydrogens (tertiary/aromatic N) is 5. The molecule has 2 saturated heterocycles. The van der Waals surface area contributed by atoms with Gasteiger partial charge in [-0.15, -0.1) is 0 Å². The fraction of sp³-hybridized carbons (Fsp3) is 0.455. The van der Waals surface area contributed by atoms with Crippen molar-refractivity contribution in [1.29, 1.82) is 0 Å². The Kier molecular flexibility index (Phi) is 15.6. The second-order valence-corrected chi connectivity index (χ2v) is 12.2. The van der Waals surface area contributed by atoms with Gasteiger partial charge in [0.25, 0.3) is 0 Å². The number of aliphatic carboxylic acids is 3. The van der Waals surface area contributed by atoms with E-state index in [0.717, 1.165) is 44.7 Å². The van der Waals surface area contributed by atoms with Crippen LogP contribution in [0.1, 0.15) is 55.6 Å². The fourth-order valence-electron chi connectivity index (χ4n) is 5.79. The molecule has 4 heterocycles. The molecule has 12 nitrogen and oxygen atoms in total. The largest absolute Gasteiger partial charge is 0.490 e. The van der Waals surface area contributed by atoms with Crippen molar-refractivity contribution >= 4 is 23.8 Å². The molecule has 0 bridgehead atoms. The van der Waals surface area contributed by atoms with E-state index < -0.39 is 41.9 Å². The molecule has 2 aromatic heterocycles. The standard InChI is InChI=1S/C27H33N5O.3C2HF3O2/c1-21(2)32-25(12-15-29-32)24-19-30(18-23-11-6-7-14-28-23)20-27(24)13-8-16-31(26(27)33)17-22-9-4-3-5-10-22;3*3-2(4,5)1(6)7/h3-7,9-12,14-15,21,24H,8,13,16-20H2,1-2H3;3*(H,6,7)/t24-,27+;;;/m0.../s1. The lowest BCUT2D eigenvalue weighted by Gasteiger charge is -2.43. The highest BCUT2D eigenvalue weighted by Gasteiger charge is 2.56. The van der Waals surface area contributed by atoms with Crippen LogP contribution in [0.5, 0.6) is 0 Å². The van der Waals surface area contributed by atoms with Crippen LogP contribution in [-0.2, 0) is 32.3 Å². The van der Waals surface area contributed by atoms with Crippen LogP contribution in [0.3, 0.4) is 0 Å². The van der Waals surface area contributed by atoms with E-state index in [4.69, 9.17) is 29.7 Å². The molecule has 0 radical (unpaired) electrons. The van der Waals surface area contributed by atoms with Gasteiger partial charge in [-0.3, -0.25) is 19.4 Å². The smallest absolute Gasteiger partial charge is 0.475 e. The molecule has 0 saturated carbocycles. The third kappa shape index (κ3) is 13.0. The molecule has 2 aliphatic heterocycles. The highest BCUT2D eigenvalue weighted by atomic mass is 19.4. The first-order valence-corrected chi connectivity index (χ1v) is 15.8. The number of halogens is 9. The molecular formula is C33H36F9N5O7. The molecule has 3 N–H and O–H groups in total. The van der Waals surface area contributed by atoms with Crippen LogP contribution in [0.15, 0.2) is 67.0 Å². The lowest BCUT2D eigenvalue weighted by atomic mass is 9.70. The van der Waals surface area contributed by atoms with E-state index in [1.807, 2.05) is 42.7 Å². The molecule has 1 amide bonds. The Balaban J connectivity index is 0.000000393. The summed E-state index contributed by atoms with van der Waals surface area (Å²) in [6, 6.07) is 18.8. The zero-order valence-electron chi connectivity index (χ0n) is 28.6. The molecule has 1 aromatic carbocycles. The van der Waals surface area contributed by atoms with Gasteiger partial charge in [0.05, 0.1) is 11.1 Å². The number of amides is 1. The van der Waals surface area contributed by atoms with E-state index in [0.29, 0.717) is 12.5 Å². The van der Waals surface area contributed by atoms with Crippen LogP contribution >= 0.6 is 0 Å². The van der Waals surface area contributed by atoms with Gasteiger partial charge in [-0.2, -0.15) is 44.6 Å². The van der Waals surface area contributed by atoms with Gasteiger partial charge >= 0.3 is 36.4 Å². The Labute approximate surface area is 301 Å². The number of carboxylic acids is 3.